The molecule has 2 aromatic rings. The Morgan fingerprint density at radius 3 is 2.52 bits per heavy atom. The molecule has 0 saturated heterocycles. The summed E-state index contributed by atoms with van der Waals surface area (Å²) in [5.41, 5.74) is 1.68. The highest BCUT2D eigenvalue weighted by Gasteiger charge is 2.09. The Labute approximate surface area is 123 Å². The molecule has 0 aliphatic heterocycles. The fourth-order valence-corrected chi connectivity index (χ4v) is 1.95. The van der Waals surface area contributed by atoms with Gasteiger partial charge >= 0.3 is 0 Å². The maximum absolute atomic E-state index is 8.87. The van der Waals surface area contributed by atoms with Crippen molar-refractivity contribution in [1.82, 2.24) is 9.97 Å². The van der Waals surface area contributed by atoms with Crippen LogP contribution in [0.1, 0.15) is 5.69 Å². The highest BCUT2D eigenvalue weighted by Crippen LogP contribution is 2.31. The van der Waals surface area contributed by atoms with Gasteiger partial charge in [-0.3, -0.25) is 0 Å². The normalized spacial score (nSPS) is 10.3. The molecule has 0 spiro atoms. The van der Waals surface area contributed by atoms with Crippen LogP contribution in [0.15, 0.2) is 24.3 Å². The Kier molecular flexibility index (Phi) is 4.94. The van der Waals surface area contributed by atoms with E-state index in [0.717, 1.165) is 11.3 Å². The molecule has 6 nitrogen and oxygen atoms in total. The number of aliphatic hydroxyl groups excluding tert-OH is 1. The van der Waals surface area contributed by atoms with E-state index in [1.54, 1.807) is 14.2 Å². The van der Waals surface area contributed by atoms with E-state index in [2.05, 4.69) is 15.3 Å². The van der Waals surface area contributed by atoms with Gasteiger partial charge in [-0.25, -0.2) is 9.97 Å². The van der Waals surface area contributed by atoms with Crippen LogP contribution in [0.4, 0.5) is 5.82 Å². The van der Waals surface area contributed by atoms with Gasteiger partial charge < -0.3 is 19.9 Å². The van der Waals surface area contributed by atoms with E-state index in [9.17, 15) is 0 Å². The van der Waals surface area contributed by atoms with E-state index in [-0.39, 0.29) is 6.61 Å². The van der Waals surface area contributed by atoms with Crippen LogP contribution in [0.25, 0.3) is 11.4 Å². The van der Waals surface area contributed by atoms with Gasteiger partial charge in [0.15, 0.2) is 17.3 Å². The van der Waals surface area contributed by atoms with Crippen molar-refractivity contribution in [3.8, 4) is 22.9 Å². The smallest absolute Gasteiger partial charge is 0.161 e. The predicted octanol–water partition coefficient (Wildman–Crippen LogP) is 1.87. The van der Waals surface area contributed by atoms with Crippen molar-refractivity contribution in [2.24, 2.45) is 0 Å². The molecule has 1 aromatic heterocycles. The number of anilines is 1. The highest BCUT2D eigenvalue weighted by molar-refractivity contribution is 5.62. The van der Waals surface area contributed by atoms with Gasteiger partial charge in [0.2, 0.25) is 0 Å². The molecule has 0 amide bonds. The van der Waals surface area contributed by atoms with Crippen molar-refractivity contribution >= 4 is 5.82 Å². The third-order valence-electron chi connectivity index (χ3n) is 2.91. The summed E-state index contributed by atoms with van der Waals surface area (Å²) < 4.78 is 10.5. The van der Waals surface area contributed by atoms with Crippen LogP contribution in [-0.4, -0.2) is 42.4 Å². The maximum Gasteiger partial charge on any atom is 0.161 e. The zero-order valence-electron chi connectivity index (χ0n) is 12.4. The Hall–Kier alpha value is -2.34. The lowest BCUT2D eigenvalue weighted by Crippen LogP contribution is -2.08. The second-order valence-electron chi connectivity index (χ2n) is 4.44. The molecule has 1 aromatic carbocycles. The minimum Gasteiger partial charge on any atom is -0.493 e. The molecule has 0 fully saturated rings. The molecule has 2 rings (SSSR count). The van der Waals surface area contributed by atoms with E-state index >= 15 is 0 Å². The van der Waals surface area contributed by atoms with Gasteiger partial charge in [0.05, 0.1) is 20.8 Å². The van der Waals surface area contributed by atoms with Crippen molar-refractivity contribution in [2.45, 2.75) is 6.92 Å². The summed E-state index contributed by atoms with van der Waals surface area (Å²) in [5, 5.41) is 11.9. The number of hydrogen-bond donors (Lipinski definition) is 2. The highest BCUT2D eigenvalue weighted by atomic mass is 16.5. The lowest BCUT2D eigenvalue weighted by molar-refractivity contribution is 0.311. The second kappa shape index (κ2) is 6.90. The van der Waals surface area contributed by atoms with Gasteiger partial charge in [0, 0.05) is 23.9 Å². The molecule has 0 aliphatic rings. The third-order valence-corrected chi connectivity index (χ3v) is 2.91. The van der Waals surface area contributed by atoms with Crippen molar-refractivity contribution in [3.05, 3.63) is 30.0 Å². The molecular formula is C15H19N3O3. The Morgan fingerprint density at radius 2 is 1.86 bits per heavy atom. The van der Waals surface area contributed by atoms with Gasteiger partial charge in [-0.2, -0.15) is 0 Å². The minimum absolute atomic E-state index is 0.0503. The van der Waals surface area contributed by atoms with Crippen molar-refractivity contribution < 1.29 is 14.6 Å². The average molecular weight is 289 g/mol. The zero-order valence-corrected chi connectivity index (χ0v) is 12.4. The summed E-state index contributed by atoms with van der Waals surface area (Å²) in [4.78, 5) is 8.88. The second-order valence-corrected chi connectivity index (χ2v) is 4.44. The number of methoxy groups -OCH3 is 2. The monoisotopic (exact) mass is 289 g/mol. The van der Waals surface area contributed by atoms with E-state index < -0.39 is 0 Å². The molecule has 0 radical (unpaired) electrons. The molecule has 0 saturated carbocycles. The first-order valence-corrected chi connectivity index (χ1v) is 6.60. The van der Waals surface area contributed by atoms with Gasteiger partial charge in [0.1, 0.15) is 5.82 Å². The molecule has 1 heterocycles. The summed E-state index contributed by atoms with van der Waals surface area (Å²) in [7, 11) is 3.19. The molecular weight excluding hydrogens is 270 g/mol. The first-order chi connectivity index (χ1) is 10.2. The molecule has 0 atom stereocenters. The quantitative estimate of drug-likeness (QED) is 0.845. The summed E-state index contributed by atoms with van der Waals surface area (Å²) in [6, 6.07) is 7.37. The number of nitrogens with one attached hydrogen (secondary N) is 1. The van der Waals surface area contributed by atoms with Gasteiger partial charge in [-0.15, -0.1) is 0 Å². The van der Waals surface area contributed by atoms with Gasteiger partial charge in [0.25, 0.3) is 0 Å². The van der Waals surface area contributed by atoms with E-state index in [1.807, 2.05) is 31.2 Å². The summed E-state index contributed by atoms with van der Waals surface area (Å²) in [6.45, 7) is 2.40. The summed E-state index contributed by atoms with van der Waals surface area (Å²) >= 11 is 0. The lowest BCUT2D eigenvalue weighted by Gasteiger charge is -2.10. The maximum atomic E-state index is 8.87. The van der Waals surface area contributed by atoms with E-state index in [4.69, 9.17) is 14.6 Å². The van der Waals surface area contributed by atoms with E-state index in [0.29, 0.717) is 29.7 Å². The van der Waals surface area contributed by atoms with Crippen molar-refractivity contribution in [1.29, 1.82) is 0 Å². The van der Waals surface area contributed by atoms with Crippen LogP contribution in [0.5, 0.6) is 11.5 Å². The number of rotatable bonds is 6. The predicted molar refractivity (Wildman–Crippen MR) is 80.9 cm³/mol. The fourth-order valence-electron chi connectivity index (χ4n) is 1.95. The number of aromatic nitrogens is 2. The molecule has 112 valence electrons. The van der Waals surface area contributed by atoms with Gasteiger partial charge in [-0.1, -0.05) is 0 Å². The Balaban J connectivity index is 2.39. The molecule has 0 bridgehead atoms. The molecule has 0 unspecified atom stereocenters. The molecule has 6 heteroatoms. The number of aliphatic hydroxyl groups is 1. The number of aryl methyl sites for hydroxylation is 1. The zero-order chi connectivity index (χ0) is 15.2. The largest absolute Gasteiger partial charge is 0.493 e. The van der Waals surface area contributed by atoms with Crippen LogP contribution in [-0.2, 0) is 0 Å². The van der Waals surface area contributed by atoms with E-state index in [1.165, 1.54) is 0 Å². The van der Waals surface area contributed by atoms with Crippen molar-refractivity contribution in [2.75, 3.05) is 32.7 Å². The summed E-state index contributed by atoms with van der Waals surface area (Å²) in [6.07, 6.45) is 0. The van der Waals surface area contributed by atoms with Crippen LogP contribution in [0.3, 0.4) is 0 Å². The van der Waals surface area contributed by atoms with Crippen LogP contribution < -0.4 is 14.8 Å². The van der Waals surface area contributed by atoms with Gasteiger partial charge in [-0.05, 0) is 25.1 Å². The first-order valence-electron chi connectivity index (χ1n) is 6.60. The van der Waals surface area contributed by atoms with Crippen molar-refractivity contribution in [3.63, 3.8) is 0 Å². The topological polar surface area (TPSA) is 76.5 Å². The average Bonchev–Trinajstić information content (AvgIpc) is 2.51. The standard InChI is InChI=1S/C15H19N3O3/c1-10-8-14(16-6-7-19)18-15(17-10)11-4-5-12(20-2)13(9-11)21-3/h4-5,8-9,19H,6-7H2,1-3H3,(H,16,17,18). The minimum atomic E-state index is 0.0503. The molecule has 2 N–H and O–H groups in total. The Morgan fingerprint density at radius 1 is 1.10 bits per heavy atom. The van der Waals surface area contributed by atoms with Crippen LogP contribution >= 0.6 is 0 Å². The Bertz CT molecular complexity index is 617. The SMILES string of the molecule is COc1ccc(-c2nc(C)cc(NCCO)n2)cc1OC. The fraction of sp³-hybridized carbons (Fsp3) is 0.333. The number of benzene rings is 1. The first kappa shape index (κ1) is 15.1. The summed E-state index contributed by atoms with van der Waals surface area (Å²) in [5.74, 6) is 2.57. The molecule has 21 heavy (non-hydrogen) atoms. The lowest BCUT2D eigenvalue weighted by atomic mass is 10.2. The number of hydrogen-bond acceptors (Lipinski definition) is 6. The number of ether oxygens (including phenoxy) is 2. The van der Waals surface area contributed by atoms with Crippen LogP contribution in [0.2, 0.25) is 0 Å². The molecule has 0 aliphatic carbocycles. The number of nitrogens with zero attached hydrogens (tertiary/aromatic N) is 2. The van der Waals surface area contributed by atoms with Crippen LogP contribution in [0, 0.1) is 6.92 Å². The third kappa shape index (κ3) is 3.61.